The second-order valence-corrected chi connectivity index (χ2v) is 8.22. The van der Waals surface area contributed by atoms with Crippen LogP contribution in [-0.2, 0) is 17.9 Å². The Kier molecular flexibility index (Phi) is 6.98. The summed E-state index contributed by atoms with van der Waals surface area (Å²) in [5.41, 5.74) is 9.39. The zero-order valence-corrected chi connectivity index (χ0v) is 19.0. The van der Waals surface area contributed by atoms with Gasteiger partial charge in [-0.2, -0.15) is 0 Å². The molecule has 2 heterocycles. The summed E-state index contributed by atoms with van der Waals surface area (Å²) in [6.07, 6.45) is 1.99. The summed E-state index contributed by atoms with van der Waals surface area (Å²) in [6.45, 7) is 3.06. The molecule has 3 N–H and O–H groups in total. The largest absolute Gasteiger partial charge is 0.349 e. The summed E-state index contributed by atoms with van der Waals surface area (Å²) in [4.78, 5) is 46.9. The van der Waals surface area contributed by atoms with Crippen molar-refractivity contribution in [3.8, 4) is 0 Å². The maximum Gasteiger partial charge on any atom is 0.264 e. The molecule has 2 aromatic carbocycles. The number of hydrogen-bond acceptors (Lipinski definition) is 5. The minimum atomic E-state index is -1.06. The number of aromatic nitrogens is 1. The molecule has 0 aliphatic carbocycles. The van der Waals surface area contributed by atoms with Crippen LogP contribution in [0.3, 0.4) is 0 Å². The summed E-state index contributed by atoms with van der Waals surface area (Å²) in [6, 6.07) is 18.0. The first-order valence-electron chi connectivity index (χ1n) is 11.1. The molecule has 0 saturated carbocycles. The second kappa shape index (κ2) is 10.3. The van der Waals surface area contributed by atoms with Crippen LogP contribution in [0.4, 0.5) is 0 Å². The number of nitrogens with zero attached hydrogens (tertiary/aromatic N) is 3. The van der Waals surface area contributed by atoms with Crippen molar-refractivity contribution < 1.29 is 14.4 Å². The third-order valence-corrected chi connectivity index (χ3v) is 5.81. The van der Waals surface area contributed by atoms with E-state index >= 15 is 0 Å². The number of hydrogen-bond donors (Lipinski definition) is 2. The van der Waals surface area contributed by atoms with Gasteiger partial charge in [0.2, 0.25) is 0 Å². The predicted octanol–water partition coefficient (Wildman–Crippen LogP) is 2.09. The number of rotatable bonds is 6. The van der Waals surface area contributed by atoms with Crippen LogP contribution >= 0.6 is 0 Å². The first-order valence-corrected chi connectivity index (χ1v) is 11.1. The number of carbonyl (C=O) groups is 3. The van der Waals surface area contributed by atoms with Crippen LogP contribution in [0.1, 0.15) is 37.4 Å². The highest BCUT2D eigenvalue weighted by atomic mass is 16.2. The predicted molar refractivity (Wildman–Crippen MR) is 127 cm³/mol. The molecule has 8 heteroatoms. The summed E-state index contributed by atoms with van der Waals surface area (Å²) in [7, 11) is 0. The van der Waals surface area contributed by atoms with Crippen molar-refractivity contribution in [3.63, 3.8) is 0 Å². The number of nitrogens with two attached hydrogens (primary N) is 1. The van der Waals surface area contributed by atoms with Crippen LogP contribution in [0.5, 0.6) is 0 Å². The van der Waals surface area contributed by atoms with E-state index in [9.17, 15) is 14.4 Å². The number of benzene rings is 2. The van der Waals surface area contributed by atoms with Gasteiger partial charge in [-0.05, 0) is 42.3 Å². The van der Waals surface area contributed by atoms with E-state index in [4.69, 9.17) is 5.73 Å². The SMILES string of the molecule is Cc1cccc(C(=O)N2CCN(C(=O)c3ccncc3)C2C(=O)NCc2cccc(CN)c2)c1. The Morgan fingerprint density at radius 1 is 0.912 bits per heavy atom. The topological polar surface area (TPSA) is 109 Å². The molecule has 3 amide bonds. The van der Waals surface area contributed by atoms with Crippen LogP contribution in [0.25, 0.3) is 0 Å². The lowest BCUT2D eigenvalue weighted by atomic mass is 10.1. The first-order chi connectivity index (χ1) is 16.5. The van der Waals surface area contributed by atoms with Crippen LogP contribution in [-0.4, -0.2) is 51.8 Å². The molecule has 0 bridgehead atoms. The lowest BCUT2D eigenvalue weighted by molar-refractivity contribution is -0.128. The normalized spacial score (nSPS) is 15.3. The molecule has 1 fully saturated rings. The van der Waals surface area contributed by atoms with Gasteiger partial charge in [0.05, 0.1) is 0 Å². The highest BCUT2D eigenvalue weighted by Crippen LogP contribution is 2.21. The van der Waals surface area contributed by atoms with Crippen LogP contribution in [0.15, 0.2) is 73.1 Å². The minimum absolute atomic E-state index is 0.249. The smallest absolute Gasteiger partial charge is 0.264 e. The van der Waals surface area contributed by atoms with E-state index in [-0.39, 0.29) is 31.4 Å². The lowest BCUT2D eigenvalue weighted by Crippen LogP contribution is -2.53. The molecule has 4 rings (SSSR count). The average molecular weight is 458 g/mol. The van der Waals surface area contributed by atoms with E-state index in [1.807, 2.05) is 37.3 Å². The van der Waals surface area contributed by atoms with E-state index in [0.29, 0.717) is 17.7 Å². The fourth-order valence-electron chi connectivity index (χ4n) is 4.09. The Labute approximate surface area is 198 Å². The third-order valence-electron chi connectivity index (χ3n) is 5.81. The van der Waals surface area contributed by atoms with E-state index in [2.05, 4.69) is 10.3 Å². The zero-order chi connectivity index (χ0) is 24.1. The van der Waals surface area contributed by atoms with E-state index in [0.717, 1.165) is 16.7 Å². The van der Waals surface area contributed by atoms with Crippen molar-refractivity contribution in [2.75, 3.05) is 13.1 Å². The van der Waals surface area contributed by atoms with Gasteiger partial charge in [0.1, 0.15) is 0 Å². The number of aryl methyl sites for hydroxylation is 1. The Morgan fingerprint density at radius 2 is 1.56 bits per heavy atom. The Morgan fingerprint density at radius 3 is 2.24 bits per heavy atom. The Hall–Kier alpha value is -4.04. The van der Waals surface area contributed by atoms with Gasteiger partial charge in [-0.15, -0.1) is 0 Å². The van der Waals surface area contributed by atoms with Crippen molar-refractivity contribution in [1.29, 1.82) is 0 Å². The van der Waals surface area contributed by atoms with Gasteiger partial charge in [-0.25, -0.2) is 0 Å². The second-order valence-electron chi connectivity index (χ2n) is 8.22. The average Bonchev–Trinajstić information content (AvgIpc) is 3.32. The molecule has 8 nitrogen and oxygen atoms in total. The first kappa shape index (κ1) is 23.1. The Bertz CT molecular complexity index is 1200. The van der Waals surface area contributed by atoms with Gasteiger partial charge in [0, 0.05) is 49.7 Å². The van der Waals surface area contributed by atoms with E-state index < -0.39 is 12.1 Å². The van der Waals surface area contributed by atoms with Crippen molar-refractivity contribution >= 4 is 17.7 Å². The molecule has 1 aliphatic rings. The molecular formula is C26H27N5O3. The van der Waals surface area contributed by atoms with E-state index in [1.165, 1.54) is 22.2 Å². The summed E-state index contributed by atoms with van der Waals surface area (Å²) >= 11 is 0. The monoisotopic (exact) mass is 457 g/mol. The van der Waals surface area contributed by atoms with Crippen molar-refractivity contribution in [1.82, 2.24) is 20.1 Å². The summed E-state index contributed by atoms with van der Waals surface area (Å²) < 4.78 is 0. The van der Waals surface area contributed by atoms with Crippen LogP contribution in [0, 0.1) is 6.92 Å². The van der Waals surface area contributed by atoms with Gasteiger partial charge in [-0.1, -0.05) is 42.0 Å². The highest BCUT2D eigenvalue weighted by molar-refractivity contribution is 6.02. The van der Waals surface area contributed by atoms with Gasteiger partial charge in [0.25, 0.3) is 17.7 Å². The van der Waals surface area contributed by atoms with Crippen molar-refractivity contribution in [3.05, 3.63) is 101 Å². The number of nitrogens with one attached hydrogen (secondary N) is 1. The molecule has 0 spiro atoms. The molecule has 1 atom stereocenters. The molecule has 34 heavy (non-hydrogen) atoms. The summed E-state index contributed by atoms with van der Waals surface area (Å²) in [5, 5.41) is 2.90. The van der Waals surface area contributed by atoms with Crippen molar-refractivity contribution in [2.45, 2.75) is 26.2 Å². The highest BCUT2D eigenvalue weighted by Gasteiger charge is 2.43. The van der Waals surface area contributed by atoms with Gasteiger partial charge < -0.3 is 20.9 Å². The van der Waals surface area contributed by atoms with Crippen LogP contribution in [0.2, 0.25) is 0 Å². The minimum Gasteiger partial charge on any atom is -0.349 e. The molecule has 1 saturated heterocycles. The lowest BCUT2D eigenvalue weighted by Gasteiger charge is -2.29. The summed E-state index contributed by atoms with van der Waals surface area (Å²) in [5.74, 6) is -1.04. The number of carbonyl (C=O) groups excluding carboxylic acids is 3. The van der Waals surface area contributed by atoms with Crippen molar-refractivity contribution in [2.24, 2.45) is 5.73 Å². The fraction of sp³-hybridized carbons (Fsp3) is 0.231. The van der Waals surface area contributed by atoms with Gasteiger partial charge >= 0.3 is 0 Å². The molecule has 1 aromatic heterocycles. The van der Waals surface area contributed by atoms with Crippen LogP contribution < -0.4 is 11.1 Å². The maximum absolute atomic E-state index is 13.4. The van der Waals surface area contributed by atoms with Gasteiger partial charge in [-0.3, -0.25) is 19.4 Å². The standard InChI is InChI=1S/C26H27N5O3/c1-18-4-2-7-22(14-18)26(34)31-13-12-30(25(33)21-8-10-28-11-9-21)24(31)23(32)29-17-20-6-3-5-19(15-20)16-27/h2-11,14-15,24H,12-13,16-17,27H2,1H3,(H,29,32). The quantitative estimate of drug-likeness (QED) is 0.589. The molecule has 174 valence electrons. The number of pyridine rings is 1. The maximum atomic E-state index is 13.4. The third kappa shape index (κ3) is 4.97. The van der Waals surface area contributed by atoms with Gasteiger partial charge in [0.15, 0.2) is 6.17 Å². The molecule has 0 radical (unpaired) electrons. The fourth-order valence-corrected chi connectivity index (χ4v) is 4.09. The molecular weight excluding hydrogens is 430 g/mol. The Balaban J connectivity index is 1.60. The number of amides is 3. The van der Waals surface area contributed by atoms with E-state index in [1.54, 1.807) is 30.3 Å². The molecule has 3 aromatic rings. The zero-order valence-electron chi connectivity index (χ0n) is 19.0. The molecule has 1 unspecified atom stereocenters. The molecule has 1 aliphatic heterocycles.